The summed E-state index contributed by atoms with van der Waals surface area (Å²) in [5.74, 6) is 1.95. The molecule has 0 spiro atoms. The van der Waals surface area contributed by atoms with Gasteiger partial charge in [-0.1, -0.05) is 12.1 Å². The number of carbonyl (C=O) groups is 1. The lowest BCUT2D eigenvalue weighted by Gasteiger charge is -2.32. The van der Waals surface area contributed by atoms with Crippen molar-refractivity contribution in [2.45, 2.75) is 32.2 Å². The molecule has 0 radical (unpaired) electrons. The summed E-state index contributed by atoms with van der Waals surface area (Å²) in [6.45, 7) is 5.32. The normalized spacial score (nSPS) is 17.0. The summed E-state index contributed by atoms with van der Waals surface area (Å²) >= 11 is 0. The number of nitrogens with one attached hydrogen (secondary N) is 1. The number of amides is 2. The summed E-state index contributed by atoms with van der Waals surface area (Å²) in [6.07, 6.45) is 5.79. The second-order valence-electron chi connectivity index (χ2n) is 6.62. The first-order valence-electron chi connectivity index (χ1n) is 9.50. The van der Waals surface area contributed by atoms with Gasteiger partial charge in [-0.05, 0) is 31.9 Å². The molecule has 1 aromatic carbocycles. The number of anilines is 1. The molecule has 27 heavy (non-hydrogen) atoms. The second-order valence-corrected chi connectivity index (χ2v) is 6.62. The molecule has 2 amide bonds. The SMILES string of the molecule is CCOc1ccccc1NC(=O)N1CCC[C@@H](c2nccn2CCOC)C1. The van der Waals surface area contributed by atoms with Crippen LogP contribution in [0.25, 0.3) is 0 Å². The maximum absolute atomic E-state index is 12.8. The highest BCUT2D eigenvalue weighted by Crippen LogP contribution is 2.28. The van der Waals surface area contributed by atoms with Crippen LogP contribution in [0.4, 0.5) is 10.5 Å². The van der Waals surface area contributed by atoms with Crippen LogP contribution in [0.5, 0.6) is 5.75 Å². The molecule has 1 N–H and O–H groups in total. The first kappa shape index (κ1) is 19.2. The Morgan fingerprint density at radius 2 is 2.22 bits per heavy atom. The van der Waals surface area contributed by atoms with Crippen LogP contribution >= 0.6 is 0 Å². The summed E-state index contributed by atoms with van der Waals surface area (Å²) in [6, 6.07) is 7.43. The Morgan fingerprint density at radius 3 is 3.04 bits per heavy atom. The van der Waals surface area contributed by atoms with Crippen molar-refractivity contribution in [1.82, 2.24) is 14.5 Å². The van der Waals surface area contributed by atoms with E-state index < -0.39 is 0 Å². The first-order chi connectivity index (χ1) is 13.2. The van der Waals surface area contributed by atoms with Gasteiger partial charge in [0, 0.05) is 45.1 Å². The number of likely N-dealkylation sites (tertiary alicyclic amines) is 1. The molecule has 3 rings (SSSR count). The van der Waals surface area contributed by atoms with E-state index in [0.29, 0.717) is 31.2 Å². The minimum Gasteiger partial charge on any atom is -0.492 e. The number of benzene rings is 1. The molecule has 1 saturated heterocycles. The van der Waals surface area contributed by atoms with Crippen LogP contribution in [0.1, 0.15) is 31.5 Å². The van der Waals surface area contributed by atoms with E-state index in [1.54, 1.807) is 7.11 Å². The van der Waals surface area contributed by atoms with Crippen LogP contribution in [-0.2, 0) is 11.3 Å². The van der Waals surface area contributed by atoms with Crippen LogP contribution in [0.2, 0.25) is 0 Å². The largest absolute Gasteiger partial charge is 0.492 e. The van der Waals surface area contributed by atoms with Gasteiger partial charge in [0.2, 0.25) is 0 Å². The molecule has 0 saturated carbocycles. The van der Waals surface area contributed by atoms with Crippen LogP contribution in [0.3, 0.4) is 0 Å². The van der Waals surface area contributed by atoms with Crippen molar-refractivity contribution in [2.75, 3.05) is 38.7 Å². The summed E-state index contributed by atoms with van der Waals surface area (Å²) < 4.78 is 12.9. The van der Waals surface area contributed by atoms with Gasteiger partial charge in [0.15, 0.2) is 0 Å². The zero-order valence-corrected chi connectivity index (χ0v) is 16.1. The number of nitrogens with zero attached hydrogens (tertiary/aromatic N) is 3. The van der Waals surface area contributed by atoms with E-state index in [0.717, 1.165) is 31.8 Å². The number of rotatable bonds is 7. The monoisotopic (exact) mass is 372 g/mol. The molecule has 7 nitrogen and oxygen atoms in total. The van der Waals surface area contributed by atoms with Crippen molar-refractivity contribution in [1.29, 1.82) is 0 Å². The Labute approximate surface area is 160 Å². The number of carbonyl (C=O) groups excluding carboxylic acids is 1. The smallest absolute Gasteiger partial charge is 0.321 e. The highest BCUT2D eigenvalue weighted by molar-refractivity contribution is 5.91. The quantitative estimate of drug-likeness (QED) is 0.809. The number of para-hydroxylation sites is 2. The topological polar surface area (TPSA) is 68.6 Å². The van der Waals surface area contributed by atoms with Crippen LogP contribution in [0.15, 0.2) is 36.7 Å². The zero-order chi connectivity index (χ0) is 19.1. The Morgan fingerprint density at radius 1 is 1.37 bits per heavy atom. The standard InChI is InChI=1S/C20H28N4O3/c1-3-27-18-9-5-4-8-17(18)22-20(25)24-11-6-7-16(15-24)19-21-10-12-23(19)13-14-26-2/h4-5,8-10,12,16H,3,6-7,11,13-15H2,1-2H3,(H,22,25)/t16-/m1/s1. The molecule has 2 heterocycles. The van der Waals surface area contributed by atoms with Gasteiger partial charge < -0.3 is 24.3 Å². The number of piperidine rings is 1. The van der Waals surface area contributed by atoms with Crippen LogP contribution < -0.4 is 10.1 Å². The molecule has 1 fully saturated rings. The van der Waals surface area contributed by atoms with Crippen molar-refractivity contribution in [3.63, 3.8) is 0 Å². The highest BCUT2D eigenvalue weighted by Gasteiger charge is 2.27. The molecule has 1 aromatic heterocycles. The number of hydrogen-bond acceptors (Lipinski definition) is 4. The van der Waals surface area contributed by atoms with E-state index in [1.807, 2.05) is 48.5 Å². The maximum atomic E-state index is 12.8. The van der Waals surface area contributed by atoms with Crippen molar-refractivity contribution in [2.24, 2.45) is 0 Å². The zero-order valence-electron chi connectivity index (χ0n) is 16.1. The second kappa shape index (κ2) is 9.41. The Bertz CT molecular complexity index is 746. The van der Waals surface area contributed by atoms with Gasteiger partial charge in [-0.15, -0.1) is 0 Å². The molecule has 1 aliphatic rings. The summed E-state index contributed by atoms with van der Waals surface area (Å²) in [5, 5.41) is 2.99. The molecule has 0 aliphatic carbocycles. The molecular formula is C20H28N4O3. The van der Waals surface area contributed by atoms with Crippen molar-refractivity contribution < 1.29 is 14.3 Å². The number of urea groups is 1. The van der Waals surface area contributed by atoms with Crippen molar-refractivity contribution in [3.8, 4) is 5.75 Å². The lowest BCUT2D eigenvalue weighted by molar-refractivity contribution is 0.179. The fraction of sp³-hybridized carbons (Fsp3) is 0.500. The fourth-order valence-corrected chi connectivity index (χ4v) is 3.48. The predicted molar refractivity (Wildman–Crippen MR) is 104 cm³/mol. The average molecular weight is 372 g/mol. The lowest BCUT2D eigenvalue weighted by Crippen LogP contribution is -2.42. The van der Waals surface area contributed by atoms with Gasteiger partial charge >= 0.3 is 6.03 Å². The van der Waals surface area contributed by atoms with E-state index >= 15 is 0 Å². The van der Waals surface area contributed by atoms with Crippen LogP contribution in [0, 0.1) is 0 Å². The molecule has 0 bridgehead atoms. The summed E-state index contributed by atoms with van der Waals surface area (Å²) in [4.78, 5) is 19.2. The number of hydrogen-bond donors (Lipinski definition) is 1. The van der Waals surface area contributed by atoms with Gasteiger partial charge in [0.25, 0.3) is 0 Å². The fourth-order valence-electron chi connectivity index (χ4n) is 3.48. The first-order valence-corrected chi connectivity index (χ1v) is 9.50. The van der Waals surface area contributed by atoms with Gasteiger partial charge in [0.05, 0.1) is 18.9 Å². The number of imidazole rings is 1. The summed E-state index contributed by atoms with van der Waals surface area (Å²) in [5.41, 5.74) is 0.702. The van der Waals surface area contributed by atoms with E-state index in [1.165, 1.54) is 0 Å². The van der Waals surface area contributed by atoms with E-state index in [-0.39, 0.29) is 11.9 Å². The van der Waals surface area contributed by atoms with Gasteiger partial charge in [-0.2, -0.15) is 0 Å². The molecule has 2 aromatic rings. The molecule has 0 unspecified atom stereocenters. The van der Waals surface area contributed by atoms with Gasteiger partial charge in [0.1, 0.15) is 11.6 Å². The number of ether oxygens (including phenoxy) is 2. The third kappa shape index (κ3) is 4.80. The third-order valence-corrected chi connectivity index (χ3v) is 4.79. The molecular weight excluding hydrogens is 344 g/mol. The predicted octanol–water partition coefficient (Wildman–Crippen LogP) is 3.34. The highest BCUT2D eigenvalue weighted by atomic mass is 16.5. The number of methoxy groups -OCH3 is 1. The van der Waals surface area contributed by atoms with Crippen LogP contribution in [-0.4, -0.2) is 53.9 Å². The Balaban J connectivity index is 1.66. The van der Waals surface area contributed by atoms with Crippen molar-refractivity contribution >= 4 is 11.7 Å². The minimum atomic E-state index is -0.0955. The number of aromatic nitrogens is 2. The van der Waals surface area contributed by atoms with E-state index in [9.17, 15) is 4.79 Å². The van der Waals surface area contributed by atoms with Crippen molar-refractivity contribution in [3.05, 3.63) is 42.5 Å². The van der Waals surface area contributed by atoms with E-state index in [2.05, 4.69) is 14.9 Å². The Hall–Kier alpha value is -2.54. The minimum absolute atomic E-state index is 0.0955. The van der Waals surface area contributed by atoms with Gasteiger partial charge in [-0.25, -0.2) is 9.78 Å². The third-order valence-electron chi connectivity index (χ3n) is 4.79. The summed E-state index contributed by atoms with van der Waals surface area (Å²) in [7, 11) is 1.70. The van der Waals surface area contributed by atoms with Gasteiger partial charge in [-0.3, -0.25) is 0 Å². The molecule has 1 aliphatic heterocycles. The van der Waals surface area contributed by atoms with E-state index in [4.69, 9.17) is 9.47 Å². The Kier molecular flexibility index (Phi) is 6.70. The average Bonchev–Trinajstić information content (AvgIpc) is 3.17. The maximum Gasteiger partial charge on any atom is 0.321 e. The molecule has 146 valence electrons. The molecule has 7 heteroatoms. The molecule has 1 atom stereocenters. The lowest BCUT2D eigenvalue weighted by atomic mass is 9.97.